The Bertz CT molecular complexity index is 442. The number of halogens is 2. The molecule has 0 aromatic heterocycles. The molecule has 0 saturated heterocycles. The fourth-order valence-corrected chi connectivity index (χ4v) is 1.98. The molecule has 0 aliphatic carbocycles. The summed E-state index contributed by atoms with van der Waals surface area (Å²) >= 11 is 4.03. The number of hydrogen-bond acceptors (Lipinski definition) is 3. The summed E-state index contributed by atoms with van der Waals surface area (Å²) in [5.74, 6) is 0.447. The second-order valence-electron chi connectivity index (χ2n) is 4.36. The number of esters is 1. The second kappa shape index (κ2) is 5.73. The van der Waals surface area contributed by atoms with E-state index < -0.39 is 5.41 Å². The van der Waals surface area contributed by atoms with E-state index in [1.807, 2.05) is 66.0 Å². The lowest BCUT2D eigenvalue weighted by atomic mass is 9.91. The molecule has 0 atom stereocenters. The number of rotatable bonds is 3. The van der Waals surface area contributed by atoms with E-state index in [1.54, 1.807) is 12.1 Å². The number of phenols is 1. The van der Waals surface area contributed by atoms with Crippen molar-refractivity contribution in [3.8, 4) is 11.5 Å². The molecule has 1 aromatic rings. The van der Waals surface area contributed by atoms with Crippen LogP contribution in [-0.2, 0) is 4.79 Å². The Morgan fingerprint density at radius 1 is 1.35 bits per heavy atom. The number of phenolic OH excluding ortho intramolecular Hbond substituents is 1. The predicted molar refractivity (Wildman–Crippen MR) is 83.2 cm³/mol. The van der Waals surface area contributed by atoms with Crippen LogP contribution >= 0.6 is 45.2 Å². The van der Waals surface area contributed by atoms with E-state index in [1.165, 1.54) is 0 Å². The zero-order chi connectivity index (χ0) is 13.2. The molecule has 1 aromatic carbocycles. The summed E-state index contributed by atoms with van der Waals surface area (Å²) in [6.45, 7) is 5.66. The van der Waals surface area contributed by atoms with Crippen LogP contribution in [0.1, 0.15) is 27.2 Å². The minimum atomic E-state index is -0.494. The van der Waals surface area contributed by atoms with Gasteiger partial charge < -0.3 is 9.84 Å². The summed E-state index contributed by atoms with van der Waals surface area (Å²) in [7, 11) is 0. The van der Waals surface area contributed by atoms with Crippen LogP contribution < -0.4 is 4.74 Å². The van der Waals surface area contributed by atoms with E-state index in [0.717, 1.165) is 9.99 Å². The molecular weight excluding hydrogens is 446 g/mol. The molecule has 1 rings (SSSR count). The van der Waals surface area contributed by atoms with Crippen LogP contribution in [0.5, 0.6) is 11.5 Å². The molecule has 0 aliphatic heterocycles. The summed E-state index contributed by atoms with van der Waals surface area (Å²) in [5.41, 5.74) is -0.494. The third kappa shape index (κ3) is 3.70. The number of carbonyl (C=O) groups excluding carboxylic acids is 1. The molecule has 0 fully saturated rings. The average molecular weight is 460 g/mol. The van der Waals surface area contributed by atoms with E-state index >= 15 is 0 Å². The zero-order valence-corrected chi connectivity index (χ0v) is 14.2. The van der Waals surface area contributed by atoms with Crippen LogP contribution in [-0.4, -0.2) is 11.1 Å². The van der Waals surface area contributed by atoms with Crippen molar-refractivity contribution in [3.63, 3.8) is 0 Å². The van der Waals surface area contributed by atoms with Gasteiger partial charge in [0.25, 0.3) is 0 Å². The second-order valence-corrected chi connectivity index (χ2v) is 6.69. The van der Waals surface area contributed by atoms with Gasteiger partial charge in [-0.1, -0.05) is 6.92 Å². The van der Waals surface area contributed by atoms with Gasteiger partial charge in [0.1, 0.15) is 11.5 Å². The Morgan fingerprint density at radius 3 is 2.47 bits per heavy atom. The van der Waals surface area contributed by atoms with Crippen LogP contribution in [0.2, 0.25) is 0 Å². The van der Waals surface area contributed by atoms with E-state index in [4.69, 9.17) is 4.74 Å². The van der Waals surface area contributed by atoms with Crippen molar-refractivity contribution in [1.29, 1.82) is 0 Å². The molecule has 0 radical (unpaired) electrons. The zero-order valence-electron chi connectivity index (χ0n) is 9.88. The molecule has 0 heterocycles. The van der Waals surface area contributed by atoms with Crippen molar-refractivity contribution in [3.05, 3.63) is 19.3 Å². The first-order valence-electron chi connectivity index (χ1n) is 5.18. The summed E-state index contributed by atoms with van der Waals surface area (Å²) in [4.78, 5) is 11.9. The Morgan fingerprint density at radius 2 is 1.94 bits per heavy atom. The molecule has 0 spiro atoms. The van der Waals surface area contributed by atoms with Gasteiger partial charge in [0, 0.05) is 0 Å². The molecule has 17 heavy (non-hydrogen) atoms. The number of ether oxygens (including phenoxy) is 1. The Balaban J connectivity index is 2.97. The highest BCUT2D eigenvalue weighted by Gasteiger charge is 2.28. The van der Waals surface area contributed by atoms with Crippen molar-refractivity contribution in [2.75, 3.05) is 0 Å². The molecule has 0 aliphatic rings. The lowest BCUT2D eigenvalue weighted by molar-refractivity contribution is -0.144. The molecule has 0 unspecified atom stereocenters. The molecular formula is C12H14I2O3. The topological polar surface area (TPSA) is 46.5 Å². The van der Waals surface area contributed by atoms with Gasteiger partial charge in [-0.25, -0.2) is 0 Å². The summed E-state index contributed by atoms with van der Waals surface area (Å²) in [5, 5.41) is 9.51. The first kappa shape index (κ1) is 15.0. The van der Waals surface area contributed by atoms with Gasteiger partial charge in [-0.15, -0.1) is 0 Å². The molecule has 0 bridgehead atoms. The van der Waals surface area contributed by atoms with Crippen LogP contribution in [0.3, 0.4) is 0 Å². The number of hydrogen-bond donors (Lipinski definition) is 1. The van der Waals surface area contributed by atoms with Gasteiger partial charge in [-0.05, 0) is 77.6 Å². The Labute approximate surface area is 128 Å². The molecule has 0 saturated carbocycles. The van der Waals surface area contributed by atoms with Crippen molar-refractivity contribution < 1.29 is 14.6 Å². The quantitative estimate of drug-likeness (QED) is 0.423. The highest BCUT2D eigenvalue weighted by atomic mass is 127. The Hall–Kier alpha value is -0.0500. The van der Waals surface area contributed by atoms with Crippen LogP contribution in [0.15, 0.2) is 12.1 Å². The van der Waals surface area contributed by atoms with Gasteiger partial charge in [0.05, 0.1) is 12.6 Å². The van der Waals surface area contributed by atoms with E-state index in [9.17, 15) is 9.90 Å². The molecule has 1 N–H and O–H groups in total. The maximum atomic E-state index is 11.9. The van der Waals surface area contributed by atoms with Crippen molar-refractivity contribution >= 4 is 51.2 Å². The van der Waals surface area contributed by atoms with E-state index in [-0.39, 0.29) is 11.7 Å². The van der Waals surface area contributed by atoms with Crippen molar-refractivity contribution in [1.82, 2.24) is 0 Å². The Kier molecular flexibility index (Phi) is 5.06. The maximum Gasteiger partial charge on any atom is 0.316 e. The minimum absolute atomic E-state index is 0.199. The van der Waals surface area contributed by atoms with Gasteiger partial charge in [-0.3, -0.25) is 4.79 Å². The molecule has 94 valence electrons. The predicted octanol–water partition coefficient (Wildman–Crippen LogP) is 3.94. The SMILES string of the molecule is CCC(C)(C)C(=O)Oc1cc(I)c(O)cc1I. The third-order valence-electron chi connectivity index (χ3n) is 2.64. The van der Waals surface area contributed by atoms with E-state index in [0.29, 0.717) is 9.32 Å². The summed E-state index contributed by atoms with van der Waals surface area (Å²) in [6.07, 6.45) is 0.720. The highest BCUT2D eigenvalue weighted by molar-refractivity contribution is 14.1. The van der Waals surface area contributed by atoms with Crippen LogP contribution in [0.25, 0.3) is 0 Å². The average Bonchev–Trinajstić information content (AvgIpc) is 2.25. The summed E-state index contributed by atoms with van der Waals surface area (Å²) < 4.78 is 6.76. The van der Waals surface area contributed by atoms with Crippen LogP contribution in [0, 0.1) is 12.6 Å². The lowest BCUT2D eigenvalue weighted by Gasteiger charge is -2.20. The first-order chi connectivity index (χ1) is 7.77. The maximum absolute atomic E-state index is 11.9. The minimum Gasteiger partial charge on any atom is -0.507 e. The number of aromatic hydroxyl groups is 1. The monoisotopic (exact) mass is 460 g/mol. The third-order valence-corrected chi connectivity index (χ3v) is 4.35. The smallest absolute Gasteiger partial charge is 0.316 e. The normalized spacial score (nSPS) is 11.4. The molecule has 0 amide bonds. The number of carbonyl (C=O) groups is 1. The van der Waals surface area contributed by atoms with Crippen LogP contribution in [0.4, 0.5) is 0 Å². The van der Waals surface area contributed by atoms with E-state index in [2.05, 4.69) is 0 Å². The fourth-order valence-electron chi connectivity index (χ4n) is 0.979. The van der Waals surface area contributed by atoms with Crippen molar-refractivity contribution in [2.45, 2.75) is 27.2 Å². The highest BCUT2D eigenvalue weighted by Crippen LogP contribution is 2.32. The first-order valence-corrected chi connectivity index (χ1v) is 7.34. The standard InChI is InChI=1S/C12H14I2O3/c1-4-12(2,3)11(16)17-10-6-7(13)9(15)5-8(10)14/h5-6,15H,4H2,1-3H3. The van der Waals surface area contributed by atoms with Crippen molar-refractivity contribution in [2.24, 2.45) is 5.41 Å². The largest absolute Gasteiger partial charge is 0.507 e. The number of benzene rings is 1. The van der Waals surface area contributed by atoms with Gasteiger partial charge >= 0.3 is 5.97 Å². The fraction of sp³-hybridized carbons (Fsp3) is 0.417. The summed E-state index contributed by atoms with van der Waals surface area (Å²) in [6, 6.07) is 3.26. The van der Waals surface area contributed by atoms with Gasteiger partial charge in [-0.2, -0.15) is 0 Å². The molecule has 5 heteroatoms. The lowest BCUT2D eigenvalue weighted by Crippen LogP contribution is -2.28. The molecule has 3 nitrogen and oxygen atoms in total. The van der Waals surface area contributed by atoms with Gasteiger partial charge in [0.2, 0.25) is 0 Å². The van der Waals surface area contributed by atoms with Gasteiger partial charge in [0.15, 0.2) is 0 Å².